The highest BCUT2D eigenvalue weighted by molar-refractivity contribution is 7.47. The van der Waals surface area contributed by atoms with Crippen molar-refractivity contribution in [2.24, 2.45) is 0 Å². The van der Waals surface area contributed by atoms with Gasteiger partial charge in [-0.1, -0.05) is 419 Å². The van der Waals surface area contributed by atoms with Crippen LogP contribution in [0.4, 0.5) is 0 Å². The molecule has 0 aliphatic rings. The van der Waals surface area contributed by atoms with Gasteiger partial charge in [-0.2, -0.15) is 0 Å². The summed E-state index contributed by atoms with van der Waals surface area (Å²) in [5.41, 5.74) is 0. The van der Waals surface area contributed by atoms with E-state index < -0.39 is 26.5 Å². The Hall–Kier alpha value is -3.33. The van der Waals surface area contributed by atoms with Crippen LogP contribution in [0.15, 0.2) is 109 Å². The Bertz CT molecular complexity index is 2130. The molecule has 0 radical (unpaired) electrons. The second kappa shape index (κ2) is 83.7. The number of hydrogen-bond donors (Lipinski definition) is 1. The van der Waals surface area contributed by atoms with E-state index in [0.29, 0.717) is 23.9 Å². The Labute approximate surface area is 646 Å². The van der Waals surface area contributed by atoms with E-state index in [1.54, 1.807) is 0 Å². The Morgan fingerprint density at radius 1 is 0.308 bits per heavy atom. The standard InChI is InChI=1S/C94H170NO8P/c1-6-8-10-12-14-16-18-20-22-24-26-28-30-32-34-36-38-40-42-44-46-47-49-50-52-54-56-58-60-62-64-66-68-70-72-74-76-78-80-82-84-86-93(96)100-90-92(91-102-104(98,99)101-89-88-95(3,4)5)103-94(97)87-85-83-81-79-77-75-73-71-69-67-65-63-61-59-57-55-53-51-48-45-43-41-39-37-35-33-31-29-27-25-23-21-19-17-15-13-11-9-7-2/h9,11,15,17,21,23-24,26-27,29,33,35,39,41,45,48,53,55,92H,6-8,10,12-14,16,18-20,22,25,28,30-32,34,36-38,40,42-44,46-47,49-52,54,56-91H2,1-5H3/p+1/b11-9-,17-15-,23-21-,26-24-,29-27-,35-33-,41-39-,48-45-,55-53-. The molecular formula is C94H171NO8P+. The zero-order valence-electron chi connectivity index (χ0n) is 69.3. The number of quaternary nitrogens is 1. The molecule has 9 nitrogen and oxygen atoms in total. The number of unbranched alkanes of at least 4 members (excludes halogenated alkanes) is 51. The number of likely N-dealkylation sites (N-methyl/N-ethyl adjacent to an activating group) is 1. The maximum absolute atomic E-state index is 12.9. The molecule has 2 atom stereocenters. The quantitative estimate of drug-likeness (QED) is 0.0211. The predicted molar refractivity (Wildman–Crippen MR) is 455 cm³/mol. The van der Waals surface area contributed by atoms with Gasteiger partial charge < -0.3 is 18.9 Å². The fourth-order valence-corrected chi connectivity index (χ4v) is 13.8. The van der Waals surface area contributed by atoms with Crippen molar-refractivity contribution < 1.29 is 42.1 Å². The second-order valence-electron chi connectivity index (χ2n) is 31.3. The van der Waals surface area contributed by atoms with Gasteiger partial charge in [0, 0.05) is 12.8 Å². The highest BCUT2D eigenvalue weighted by Gasteiger charge is 2.27. The average Bonchev–Trinajstić information content (AvgIpc) is 0.915. The average molecular weight is 1470 g/mol. The zero-order valence-corrected chi connectivity index (χ0v) is 70.1. The number of rotatable bonds is 83. The van der Waals surface area contributed by atoms with Crippen LogP contribution in [0.25, 0.3) is 0 Å². The number of phosphoric acid groups is 1. The van der Waals surface area contributed by atoms with Crippen LogP contribution in [-0.2, 0) is 32.7 Å². The van der Waals surface area contributed by atoms with Crippen LogP contribution in [0, 0.1) is 0 Å². The van der Waals surface area contributed by atoms with E-state index >= 15 is 0 Å². The second-order valence-corrected chi connectivity index (χ2v) is 32.7. The Morgan fingerprint density at radius 3 is 0.827 bits per heavy atom. The minimum absolute atomic E-state index is 0.0305. The molecule has 0 rings (SSSR count). The van der Waals surface area contributed by atoms with Gasteiger partial charge in [-0.05, 0) is 103 Å². The van der Waals surface area contributed by atoms with Crippen LogP contribution >= 0.6 is 7.82 Å². The number of allylic oxidation sites excluding steroid dienone is 18. The molecule has 0 amide bonds. The SMILES string of the molecule is CC/C=C\C/C=C\C/C=C\C/C=C\C/C=C\C/C=C\C/C=C\C/C=C\CCCCCCCCCCCCCCCCC(=O)OC(COC(=O)CCCCCCCCCCCCCCCCCCCCCCCCCCCCCCC/C=C\CCCCCCCCCC)COP(=O)(O)OCC[N+](C)(C)C. The minimum Gasteiger partial charge on any atom is -0.462 e. The summed E-state index contributed by atoms with van der Waals surface area (Å²) in [6.45, 7) is 4.37. The molecule has 0 bridgehead atoms. The van der Waals surface area contributed by atoms with Crippen molar-refractivity contribution in [1.29, 1.82) is 0 Å². The van der Waals surface area contributed by atoms with Crippen molar-refractivity contribution in [1.82, 2.24) is 0 Å². The molecule has 0 saturated heterocycles. The molecule has 0 aliphatic carbocycles. The van der Waals surface area contributed by atoms with E-state index in [1.807, 2.05) is 21.1 Å². The molecule has 0 aromatic carbocycles. The first-order chi connectivity index (χ1) is 51.0. The summed E-state index contributed by atoms with van der Waals surface area (Å²) in [4.78, 5) is 36.1. The van der Waals surface area contributed by atoms with Gasteiger partial charge in [0.05, 0.1) is 27.7 Å². The van der Waals surface area contributed by atoms with Gasteiger partial charge in [0.2, 0.25) is 0 Å². The van der Waals surface area contributed by atoms with Crippen LogP contribution in [0.1, 0.15) is 425 Å². The molecule has 0 saturated carbocycles. The molecule has 0 aromatic heterocycles. The Morgan fingerprint density at radius 2 is 0.548 bits per heavy atom. The smallest absolute Gasteiger partial charge is 0.462 e. The highest BCUT2D eigenvalue weighted by Crippen LogP contribution is 2.43. The van der Waals surface area contributed by atoms with Gasteiger partial charge in [-0.25, -0.2) is 4.57 Å². The zero-order chi connectivity index (χ0) is 75.4. The first-order valence-corrected chi connectivity index (χ1v) is 46.1. The lowest BCUT2D eigenvalue weighted by molar-refractivity contribution is -0.870. The molecule has 0 aromatic rings. The molecule has 0 spiro atoms. The van der Waals surface area contributed by atoms with Gasteiger partial charge >= 0.3 is 19.8 Å². The molecule has 0 heterocycles. The predicted octanol–water partition coefficient (Wildman–Crippen LogP) is 30.3. The first-order valence-electron chi connectivity index (χ1n) is 44.6. The Kier molecular flexibility index (Phi) is 81.0. The molecule has 104 heavy (non-hydrogen) atoms. The van der Waals surface area contributed by atoms with Crippen LogP contribution in [0.2, 0.25) is 0 Å². The number of esters is 2. The van der Waals surface area contributed by atoms with Crippen molar-refractivity contribution in [3.8, 4) is 0 Å². The van der Waals surface area contributed by atoms with E-state index in [2.05, 4.69) is 123 Å². The number of nitrogens with zero attached hydrogens (tertiary/aromatic N) is 1. The number of hydrogen-bond acceptors (Lipinski definition) is 7. The van der Waals surface area contributed by atoms with Gasteiger partial charge in [-0.3, -0.25) is 18.6 Å². The van der Waals surface area contributed by atoms with Crippen molar-refractivity contribution in [2.75, 3.05) is 47.5 Å². The third kappa shape index (κ3) is 87.6. The van der Waals surface area contributed by atoms with Crippen molar-refractivity contribution in [3.63, 3.8) is 0 Å². The maximum Gasteiger partial charge on any atom is 0.472 e. The monoisotopic (exact) mass is 1470 g/mol. The normalized spacial score (nSPS) is 13.5. The molecule has 10 heteroatoms. The number of carbonyl (C=O) groups is 2. The third-order valence-corrected chi connectivity index (χ3v) is 20.8. The van der Waals surface area contributed by atoms with Crippen molar-refractivity contribution in [3.05, 3.63) is 109 Å². The van der Waals surface area contributed by atoms with Gasteiger partial charge in [0.25, 0.3) is 0 Å². The summed E-state index contributed by atoms with van der Waals surface area (Å²) in [5.74, 6) is -0.782. The summed E-state index contributed by atoms with van der Waals surface area (Å²) in [6.07, 6.45) is 120. The molecule has 604 valence electrons. The molecule has 0 aliphatic heterocycles. The van der Waals surface area contributed by atoms with Gasteiger partial charge in [0.15, 0.2) is 6.10 Å². The molecule has 1 N–H and O–H groups in total. The lowest BCUT2D eigenvalue weighted by atomic mass is 10.0. The van der Waals surface area contributed by atoms with Crippen LogP contribution in [0.3, 0.4) is 0 Å². The fraction of sp³-hybridized carbons (Fsp3) is 0.787. The van der Waals surface area contributed by atoms with Gasteiger partial charge in [0.1, 0.15) is 19.8 Å². The lowest BCUT2D eigenvalue weighted by Crippen LogP contribution is -2.37. The van der Waals surface area contributed by atoms with Crippen LogP contribution < -0.4 is 0 Å². The third-order valence-electron chi connectivity index (χ3n) is 19.8. The highest BCUT2D eigenvalue weighted by atomic mass is 31.2. The van der Waals surface area contributed by atoms with Gasteiger partial charge in [-0.15, -0.1) is 0 Å². The molecule has 0 fully saturated rings. The van der Waals surface area contributed by atoms with E-state index in [1.165, 1.54) is 302 Å². The Balaban J connectivity index is 3.90. The summed E-state index contributed by atoms with van der Waals surface area (Å²) < 4.78 is 34.9. The first kappa shape index (κ1) is 101. The summed E-state index contributed by atoms with van der Waals surface area (Å²) in [5, 5.41) is 0. The molecular weight excluding hydrogens is 1300 g/mol. The fourth-order valence-electron chi connectivity index (χ4n) is 13.0. The van der Waals surface area contributed by atoms with E-state index in [-0.39, 0.29) is 25.6 Å². The van der Waals surface area contributed by atoms with Crippen molar-refractivity contribution >= 4 is 19.8 Å². The summed E-state index contributed by atoms with van der Waals surface area (Å²) in [7, 11) is 1.49. The maximum atomic E-state index is 12.9. The largest absolute Gasteiger partial charge is 0.472 e. The van der Waals surface area contributed by atoms with E-state index in [4.69, 9.17) is 18.5 Å². The summed E-state index contributed by atoms with van der Waals surface area (Å²) in [6, 6.07) is 0. The minimum atomic E-state index is -4.40. The van der Waals surface area contributed by atoms with E-state index in [9.17, 15) is 19.0 Å². The van der Waals surface area contributed by atoms with Crippen LogP contribution in [-0.4, -0.2) is 74.9 Å². The lowest BCUT2D eigenvalue weighted by Gasteiger charge is -2.24. The van der Waals surface area contributed by atoms with E-state index in [0.717, 1.165) is 89.9 Å². The van der Waals surface area contributed by atoms with Crippen LogP contribution in [0.5, 0.6) is 0 Å². The molecule has 2 unspecified atom stereocenters. The van der Waals surface area contributed by atoms with Crippen molar-refractivity contribution in [2.45, 2.75) is 431 Å². The number of carbonyl (C=O) groups excluding carboxylic acids is 2. The summed E-state index contributed by atoms with van der Waals surface area (Å²) >= 11 is 0. The number of phosphoric ester groups is 1. The number of ether oxygens (including phenoxy) is 2. The topological polar surface area (TPSA) is 108 Å².